The van der Waals surface area contributed by atoms with Crippen molar-refractivity contribution in [2.24, 2.45) is 5.92 Å². The van der Waals surface area contributed by atoms with Crippen molar-refractivity contribution < 1.29 is 4.74 Å². The van der Waals surface area contributed by atoms with Gasteiger partial charge in [-0.2, -0.15) is 0 Å². The molecule has 0 unspecified atom stereocenters. The van der Waals surface area contributed by atoms with Crippen LogP contribution in [-0.4, -0.2) is 28.2 Å². The maximum Gasteiger partial charge on any atom is 0.122 e. The summed E-state index contributed by atoms with van der Waals surface area (Å²) in [6.45, 7) is 8.88. The largest absolute Gasteiger partial charge is 0.497 e. The van der Waals surface area contributed by atoms with Crippen LogP contribution in [0.15, 0.2) is 24.7 Å². The van der Waals surface area contributed by atoms with Gasteiger partial charge in [-0.15, -0.1) is 0 Å². The number of ether oxygens (including phenoxy) is 1. The maximum absolute atomic E-state index is 5.28. The smallest absolute Gasteiger partial charge is 0.122 e. The minimum atomic E-state index is 0.649. The van der Waals surface area contributed by atoms with Crippen molar-refractivity contribution in [2.45, 2.75) is 33.9 Å². The summed E-state index contributed by atoms with van der Waals surface area (Å²) in [6, 6.07) is 3.89. The lowest BCUT2D eigenvalue weighted by Crippen LogP contribution is -2.19. The van der Waals surface area contributed by atoms with Crippen molar-refractivity contribution in [2.75, 3.05) is 13.7 Å². The van der Waals surface area contributed by atoms with E-state index in [-0.39, 0.29) is 0 Å². The van der Waals surface area contributed by atoms with E-state index >= 15 is 0 Å². The van der Waals surface area contributed by atoms with Crippen LogP contribution in [0.3, 0.4) is 0 Å². The number of hydrogen-bond donors (Lipinski definition) is 1. The summed E-state index contributed by atoms with van der Waals surface area (Å²) >= 11 is 0. The molecule has 0 aromatic carbocycles. The van der Waals surface area contributed by atoms with Gasteiger partial charge < -0.3 is 14.6 Å². The molecule has 0 atom stereocenters. The second-order valence-corrected chi connectivity index (χ2v) is 5.70. The summed E-state index contributed by atoms with van der Waals surface area (Å²) < 4.78 is 7.33. The molecule has 5 nitrogen and oxygen atoms in total. The number of aromatic nitrogens is 3. The minimum absolute atomic E-state index is 0.649. The van der Waals surface area contributed by atoms with Gasteiger partial charge in [-0.05, 0) is 19.4 Å². The van der Waals surface area contributed by atoms with E-state index in [1.54, 1.807) is 7.11 Å². The molecule has 0 aliphatic rings. The monoisotopic (exact) mass is 288 g/mol. The molecule has 2 aromatic heterocycles. The fourth-order valence-electron chi connectivity index (χ4n) is 2.16. The third-order valence-corrected chi connectivity index (χ3v) is 3.11. The van der Waals surface area contributed by atoms with Gasteiger partial charge in [0.1, 0.15) is 5.75 Å². The number of nitrogens with zero attached hydrogens (tertiary/aromatic N) is 3. The molecular formula is C16H24N4O. The Labute approximate surface area is 126 Å². The van der Waals surface area contributed by atoms with Crippen LogP contribution in [0, 0.1) is 12.8 Å². The topological polar surface area (TPSA) is 52.0 Å². The van der Waals surface area contributed by atoms with Gasteiger partial charge in [-0.3, -0.25) is 4.98 Å². The van der Waals surface area contributed by atoms with E-state index in [0.29, 0.717) is 12.5 Å². The molecule has 21 heavy (non-hydrogen) atoms. The van der Waals surface area contributed by atoms with Gasteiger partial charge in [-0.1, -0.05) is 13.8 Å². The summed E-state index contributed by atoms with van der Waals surface area (Å²) in [5.74, 6) is 1.49. The Hall–Kier alpha value is -1.88. The lowest BCUT2D eigenvalue weighted by molar-refractivity contribution is 0.413. The van der Waals surface area contributed by atoms with Crippen molar-refractivity contribution in [3.8, 4) is 5.75 Å². The Bertz CT molecular complexity index is 577. The first-order valence-electron chi connectivity index (χ1n) is 7.29. The molecule has 0 bridgehead atoms. The van der Waals surface area contributed by atoms with E-state index in [1.165, 1.54) is 0 Å². The summed E-state index contributed by atoms with van der Waals surface area (Å²) in [7, 11) is 1.67. The predicted octanol–water partition coefficient (Wildman–Crippen LogP) is 2.39. The first-order valence-corrected chi connectivity index (χ1v) is 7.29. The molecule has 2 rings (SSSR count). The lowest BCUT2D eigenvalue weighted by Gasteiger charge is -2.07. The third kappa shape index (κ3) is 4.86. The van der Waals surface area contributed by atoms with E-state index in [1.807, 2.05) is 30.0 Å². The number of pyridine rings is 1. The van der Waals surface area contributed by atoms with Crippen LogP contribution in [0.4, 0.5) is 0 Å². The SMILES string of the molecule is COc1cc(C)nc(Cn2cnc(CNCC(C)C)c2)c1. The fraction of sp³-hybridized carbons (Fsp3) is 0.500. The summed E-state index contributed by atoms with van der Waals surface area (Å²) in [5, 5.41) is 3.39. The van der Waals surface area contributed by atoms with Gasteiger partial charge in [0, 0.05) is 30.6 Å². The molecule has 0 aliphatic heterocycles. The zero-order valence-electron chi connectivity index (χ0n) is 13.3. The minimum Gasteiger partial charge on any atom is -0.497 e. The number of hydrogen-bond acceptors (Lipinski definition) is 4. The Morgan fingerprint density at radius 1 is 1.29 bits per heavy atom. The highest BCUT2D eigenvalue weighted by Crippen LogP contribution is 2.14. The van der Waals surface area contributed by atoms with Crippen LogP contribution in [0.1, 0.15) is 30.9 Å². The average Bonchev–Trinajstić information content (AvgIpc) is 2.85. The van der Waals surface area contributed by atoms with Gasteiger partial charge >= 0.3 is 0 Å². The number of rotatable bonds is 7. The molecule has 5 heteroatoms. The van der Waals surface area contributed by atoms with E-state index in [9.17, 15) is 0 Å². The molecule has 0 saturated heterocycles. The van der Waals surface area contributed by atoms with Gasteiger partial charge in [0.2, 0.25) is 0 Å². The fourth-order valence-corrected chi connectivity index (χ4v) is 2.16. The number of aryl methyl sites for hydroxylation is 1. The predicted molar refractivity (Wildman–Crippen MR) is 83.4 cm³/mol. The zero-order valence-corrected chi connectivity index (χ0v) is 13.3. The van der Waals surface area contributed by atoms with Crippen molar-refractivity contribution in [3.05, 3.63) is 41.7 Å². The first-order chi connectivity index (χ1) is 10.1. The van der Waals surface area contributed by atoms with Crippen molar-refractivity contribution in [3.63, 3.8) is 0 Å². The van der Waals surface area contributed by atoms with E-state index in [2.05, 4.69) is 35.3 Å². The lowest BCUT2D eigenvalue weighted by atomic mass is 10.2. The van der Waals surface area contributed by atoms with Crippen LogP contribution in [0.2, 0.25) is 0 Å². The van der Waals surface area contributed by atoms with Crippen LogP contribution in [-0.2, 0) is 13.1 Å². The van der Waals surface area contributed by atoms with Gasteiger partial charge in [0.15, 0.2) is 0 Å². The Kier molecular flexibility index (Phi) is 5.33. The van der Waals surface area contributed by atoms with E-state index in [0.717, 1.165) is 35.9 Å². The number of nitrogens with one attached hydrogen (secondary N) is 1. The quantitative estimate of drug-likeness (QED) is 0.850. The van der Waals surface area contributed by atoms with Gasteiger partial charge in [0.05, 0.1) is 31.4 Å². The Morgan fingerprint density at radius 3 is 2.81 bits per heavy atom. The Balaban J connectivity index is 1.97. The molecule has 0 fully saturated rings. The van der Waals surface area contributed by atoms with Crippen LogP contribution < -0.4 is 10.1 Å². The second-order valence-electron chi connectivity index (χ2n) is 5.70. The highest BCUT2D eigenvalue weighted by molar-refractivity contribution is 5.26. The molecule has 0 spiro atoms. The van der Waals surface area contributed by atoms with Crippen LogP contribution in [0.5, 0.6) is 5.75 Å². The molecule has 0 radical (unpaired) electrons. The number of imidazole rings is 1. The summed E-state index contributed by atoms with van der Waals surface area (Å²) in [5.41, 5.74) is 2.99. The maximum atomic E-state index is 5.28. The zero-order chi connectivity index (χ0) is 15.2. The van der Waals surface area contributed by atoms with E-state index in [4.69, 9.17) is 4.74 Å². The average molecular weight is 288 g/mol. The van der Waals surface area contributed by atoms with Crippen molar-refractivity contribution in [1.82, 2.24) is 19.9 Å². The summed E-state index contributed by atoms with van der Waals surface area (Å²) in [4.78, 5) is 8.94. The first kappa shape index (κ1) is 15.5. The third-order valence-electron chi connectivity index (χ3n) is 3.11. The van der Waals surface area contributed by atoms with Crippen LogP contribution >= 0.6 is 0 Å². The van der Waals surface area contributed by atoms with Crippen molar-refractivity contribution >= 4 is 0 Å². The molecule has 0 amide bonds. The van der Waals surface area contributed by atoms with Crippen LogP contribution in [0.25, 0.3) is 0 Å². The van der Waals surface area contributed by atoms with Gasteiger partial charge in [0.25, 0.3) is 0 Å². The summed E-state index contributed by atoms with van der Waals surface area (Å²) in [6.07, 6.45) is 3.91. The Morgan fingerprint density at radius 2 is 2.10 bits per heavy atom. The van der Waals surface area contributed by atoms with Gasteiger partial charge in [-0.25, -0.2) is 4.98 Å². The molecule has 0 aliphatic carbocycles. The normalized spacial score (nSPS) is 11.1. The van der Waals surface area contributed by atoms with E-state index < -0.39 is 0 Å². The number of methoxy groups -OCH3 is 1. The van der Waals surface area contributed by atoms with Crippen molar-refractivity contribution in [1.29, 1.82) is 0 Å². The molecular weight excluding hydrogens is 264 g/mol. The second kappa shape index (κ2) is 7.22. The molecule has 1 N–H and O–H groups in total. The standard InChI is InChI=1S/C16H24N4O/c1-12(2)7-17-8-15-10-20(11-18-15)9-14-6-16(21-4)5-13(3)19-14/h5-6,10-12,17H,7-9H2,1-4H3. The molecule has 2 heterocycles. The highest BCUT2D eigenvalue weighted by atomic mass is 16.5. The molecule has 0 saturated carbocycles. The molecule has 2 aromatic rings. The highest BCUT2D eigenvalue weighted by Gasteiger charge is 2.04. The molecule has 114 valence electrons.